The van der Waals surface area contributed by atoms with E-state index in [2.05, 4.69) is 4.98 Å². The SMILES string of the molecule is CC1(C(F)(F)F)CN(Cc2nccn2Cc2ccccc2)CC1C(=O)O. The van der Waals surface area contributed by atoms with Gasteiger partial charge in [0.2, 0.25) is 0 Å². The normalized spacial score (nSPS) is 24.1. The van der Waals surface area contributed by atoms with E-state index in [0.29, 0.717) is 12.4 Å². The van der Waals surface area contributed by atoms with E-state index in [1.807, 2.05) is 34.9 Å². The Morgan fingerprint density at radius 1 is 1.31 bits per heavy atom. The van der Waals surface area contributed by atoms with Crippen LogP contribution in [0.25, 0.3) is 0 Å². The van der Waals surface area contributed by atoms with Crippen LogP contribution >= 0.6 is 0 Å². The van der Waals surface area contributed by atoms with E-state index in [1.54, 1.807) is 12.4 Å². The van der Waals surface area contributed by atoms with Crippen molar-refractivity contribution in [1.29, 1.82) is 0 Å². The zero-order valence-corrected chi connectivity index (χ0v) is 14.3. The standard InChI is InChI=1S/C18H20F3N3O2/c1-17(18(19,20)21)12-23(10-14(17)16(25)26)11-15-22-7-8-24(15)9-13-5-3-2-4-6-13/h2-8,14H,9-12H2,1H3,(H,25,26). The van der Waals surface area contributed by atoms with Crippen LogP contribution < -0.4 is 0 Å². The Hall–Kier alpha value is -2.35. The summed E-state index contributed by atoms with van der Waals surface area (Å²) in [5.74, 6) is -2.29. The molecule has 1 aromatic carbocycles. The first-order valence-electron chi connectivity index (χ1n) is 8.26. The Morgan fingerprint density at radius 2 is 2.00 bits per heavy atom. The molecule has 26 heavy (non-hydrogen) atoms. The number of nitrogens with zero attached hydrogens (tertiary/aromatic N) is 3. The van der Waals surface area contributed by atoms with Crippen molar-refractivity contribution >= 4 is 5.97 Å². The van der Waals surface area contributed by atoms with Gasteiger partial charge in [-0.3, -0.25) is 9.69 Å². The first-order valence-corrected chi connectivity index (χ1v) is 8.26. The van der Waals surface area contributed by atoms with Crippen LogP contribution in [0.3, 0.4) is 0 Å². The molecule has 0 saturated carbocycles. The highest BCUT2D eigenvalue weighted by molar-refractivity contribution is 5.72. The Balaban J connectivity index is 1.77. The van der Waals surface area contributed by atoms with Crippen LogP contribution in [0.5, 0.6) is 0 Å². The third-order valence-electron chi connectivity index (χ3n) is 5.07. The van der Waals surface area contributed by atoms with Crippen molar-refractivity contribution in [3.8, 4) is 0 Å². The van der Waals surface area contributed by atoms with Crippen molar-refractivity contribution in [2.45, 2.75) is 26.2 Å². The number of carbonyl (C=O) groups is 1. The van der Waals surface area contributed by atoms with Crippen molar-refractivity contribution < 1.29 is 23.1 Å². The number of aromatic nitrogens is 2. The summed E-state index contributed by atoms with van der Waals surface area (Å²) < 4.78 is 42.3. The first-order chi connectivity index (χ1) is 12.2. The molecule has 2 atom stereocenters. The second-order valence-electron chi connectivity index (χ2n) is 6.93. The van der Waals surface area contributed by atoms with Crippen molar-refractivity contribution in [3.63, 3.8) is 0 Å². The van der Waals surface area contributed by atoms with Crippen LogP contribution in [0, 0.1) is 11.3 Å². The fourth-order valence-corrected chi connectivity index (χ4v) is 3.47. The van der Waals surface area contributed by atoms with Gasteiger partial charge in [-0.05, 0) is 12.5 Å². The number of likely N-dealkylation sites (tertiary alicyclic amines) is 1. The van der Waals surface area contributed by atoms with Crippen LogP contribution in [0.1, 0.15) is 18.3 Å². The largest absolute Gasteiger partial charge is 0.481 e. The number of halogens is 3. The minimum Gasteiger partial charge on any atom is -0.481 e. The zero-order chi connectivity index (χ0) is 18.9. The fraction of sp³-hybridized carbons (Fsp3) is 0.444. The Labute approximate surface area is 149 Å². The summed E-state index contributed by atoms with van der Waals surface area (Å²) in [4.78, 5) is 17.1. The highest BCUT2D eigenvalue weighted by atomic mass is 19.4. The van der Waals surface area contributed by atoms with E-state index in [9.17, 15) is 23.1 Å². The van der Waals surface area contributed by atoms with Crippen molar-refractivity contribution in [2.24, 2.45) is 11.3 Å². The topological polar surface area (TPSA) is 58.4 Å². The summed E-state index contributed by atoms with van der Waals surface area (Å²) in [7, 11) is 0. The minimum absolute atomic E-state index is 0.149. The summed E-state index contributed by atoms with van der Waals surface area (Å²) >= 11 is 0. The number of aliphatic carboxylic acids is 1. The molecule has 1 saturated heterocycles. The van der Waals surface area contributed by atoms with Crippen molar-refractivity contribution in [1.82, 2.24) is 14.5 Å². The number of carboxylic acid groups (broad SMARTS) is 1. The predicted octanol–water partition coefficient (Wildman–Crippen LogP) is 3.02. The van der Waals surface area contributed by atoms with Gasteiger partial charge in [0, 0.05) is 32.0 Å². The molecule has 1 N–H and O–H groups in total. The number of rotatable bonds is 5. The van der Waals surface area contributed by atoms with Gasteiger partial charge >= 0.3 is 12.1 Å². The summed E-state index contributed by atoms with van der Waals surface area (Å²) in [5.41, 5.74) is -1.22. The molecule has 2 unspecified atom stereocenters. The second kappa shape index (κ2) is 6.75. The lowest BCUT2D eigenvalue weighted by molar-refractivity contribution is -0.228. The summed E-state index contributed by atoms with van der Waals surface area (Å²) in [6.45, 7) is 1.22. The van der Waals surface area contributed by atoms with E-state index >= 15 is 0 Å². The molecule has 0 aliphatic carbocycles. The molecule has 1 aromatic heterocycles. The number of hydrogen-bond acceptors (Lipinski definition) is 3. The smallest absolute Gasteiger partial charge is 0.396 e. The van der Waals surface area contributed by atoms with Crippen molar-refractivity contribution in [3.05, 3.63) is 54.1 Å². The fourth-order valence-electron chi connectivity index (χ4n) is 3.47. The number of imidazole rings is 1. The van der Waals surface area contributed by atoms with Crippen LogP contribution in [-0.2, 0) is 17.9 Å². The molecule has 0 bridgehead atoms. The number of hydrogen-bond donors (Lipinski definition) is 1. The van der Waals surface area contributed by atoms with Crippen LogP contribution in [0.4, 0.5) is 13.2 Å². The maximum atomic E-state index is 13.5. The van der Waals surface area contributed by atoms with Gasteiger partial charge in [-0.1, -0.05) is 30.3 Å². The van der Waals surface area contributed by atoms with Crippen molar-refractivity contribution in [2.75, 3.05) is 13.1 Å². The molecule has 3 rings (SSSR count). The van der Waals surface area contributed by atoms with Gasteiger partial charge in [0.25, 0.3) is 0 Å². The molecular weight excluding hydrogens is 347 g/mol. The average molecular weight is 367 g/mol. The maximum absolute atomic E-state index is 13.5. The molecule has 8 heteroatoms. The summed E-state index contributed by atoms with van der Waals surface area (Å²) in [6.07, 6.45) is -1.20. The molecule has 2 heterocycles. The molecule has 1 aliphatic heterocycles. The number of carboxylic acids is 1. The third kappa shape index (κ3) is 3.46. The van der Waals surface area contributed by atoms with Gasteiger partial charge in [-0.25, -0.2) is 4.98 Å². The van der Waals surface area contributed by atoms with Gasteiger partial charge in [0.1, 0.15) is 5.82 Å². The van der Waals surface area contributed by atoms with Gasteiger partial charge in [0.15, 0.2) is 0 Å². The Morgan fingerprint density at radius 3 is 2.58 bits per heavy atom. The highest BCUT2D eigenvalue weighted by Crippen LogP contribution is 2.48. The van der Waals surface area contributed by atoms with Gasteiger partial charge in [-0.2, -0.15) is 13.2 Å². The van der Waals surface area contributed by atoms with Gasteiger partial charge in [0.05, 0.1) is 17.9 Å². The Bertz CT molecular complexity index is 775. The lowest BCUT2D eigenvalue weighted by Gasteiger charge is -2.30. The first kappa shape index (κ1) is 18.4. The van der Waals surface area contributed by atoms with E-state index in [-0.39, 0.29) is 19.6 Å². The molecule has 5 nitrogen and oxygen atoms in total. The van der Waals surface area contributed by atoms with E-state index in [4.69, 9.17) is 0 Å². The molecule has 0 spiro atoms. The molecule has 140 valence electrons. The molecular formula is C18H20F3N3O2. The minimum atomic E-state index is -4.58. The molecule has 1 fully saturated rings. The molecule has 1 aliphatic rings. The van der Waals surface area contributed by atoms with E-state index in [1.165, 1.54) is 4.90 Å². The number of alkyl halides is 3. The summed E-state index contributed by atoms with van der Waals surface area (Å²) in [5, 5.41) is 9.26. The quantitative estimate of drug-likeness (QED) is 0.883. The summed E-state index contributed by atoms with van der Waals surface area (Å²) in [6, 6.07) is 9.66. The maximum Gasteiger partial charge on any atom is 0.396 e. The monoisotopic (exact) mass is 367 g/mol. The second-order valence-corrected chi connectivity index (χ2v) is 6.93. The van der Waals surface area contributed by atoms with Crippen LogP contribution in [0.2, 0.25) is 0 Å². The lowest BCUT2D eigenvalue weighted by Crippen LogP contribution is -2.44. The predicted molar refractivity (Wildman–Crippen MR) is 88.3 cm³/mol. The molecule has 0 radical (unpaired) electrons. The highest BCUT2D eigenvalue weighted by Gasteiger charge is 2.62. The van der Waals surface area contributed by atoms with Crippen LogP contribution in [0.15, 0.2) is 42.7 Å². The van der Waals surface area contributed by atoms with Gasteiger partial charge in [-0.15, -0.1) is 0 Å². The zero-order valence-electron chi connectivity index (χ0n) is 14.3. The average Bonchev–Trinajstić information content (AvgIpc) is 3.13. The molecule has 2 aromatic rings. The van der Waals surface area contributed by atoms with Crippen LogP contribution in [-0.4, -0.2) is 44.8 Å². The third-order valence-corrected chi connectivity index (χ3v) is 5.07. The lowest BCUT2D eigenvalue weighted by atomic mass is 9.79. The number of benzene rings is 1. The van der Waals surface area contributed by atoms with Gasteiger partial charge < -0.3 is 9.67 Å². The Kier molecular flexibility index (Phi) is 4.79. The molecule has 0 amide bonds. The van der Waals surface area contributed by atoms with E-state index < -0.39 is 23.5 Å². The van der Waals surface area contributed by atoms with E-state index in [0.717, 1.165) is 12.5 Å².